The maximum atomic E-state index is 12.4. The lowest BCUT2D eigenvalue weighted by Crippen LogP contribution is -2.45. The van der Waals surface area contributed by atoms with E-state index in [0.29, 0.717) is 24.3 Å². The molecule has 3 nitrogen and oxygen atoms in total. The summed E-state index contributed by atoms with van der Waals surface area (Å²) in [4.78, 5) is 25.9. The number of thiol groups is 1. The first kappa shape index (κ1) is 14.1. The van der Waals surface area contributed by atoms with E-state index in [1.165, 1.54) is 4.90 Å². The van der Waals surface area contributed by atoms with Crippen LogP contribution in [0.25, 0.3) is 0 Å². The molecule has 0 bridgehead atoms. The number of nitrogens with zero attached hydrogens (tertiary/aromatic N) is 1. The quantitative estimate of drug-likeness (QED) is 0.663. The van der Waals surface area contributed by atoms with Crippen LogP contribution in [0.4, 0.5) is 0 Å². The summed E-state index contributed by atoms with van der Waals surface area (Å²) in [7, 11) is 0. The van der Waals surface area contributed by atoms with Gasteiger partial charge < -0.3 is 0 Å². The van der Waals surface area contributed by atoms with Crippen molar-refractivity contribution in [1.82, 2.24) is 4.90 Å². The second kappa shape index (κ2) is 6.24. The van der Waals surface area contributed by atoms with Gasteiger partial charge in [0.05, 0.1) is 6.42 Å². The number of carbonyl (C=O) groups is 2. The van der Waals surface area contributed by atoms with Gasteiger partial charge in [-0.1, -0.05) is 31.5 Å². The van der Waals surface area contributed by atoms with E-state index >= 15 is 0 Å². The molecular formula is C15H19NO2S. The molecular weight excluding hydrogens is 258 g/mol. The monoisotopic (exact) mass is 277 g/mol. The lowest BCUT2D eigenvalue weighted by Gasteiger charge is -2.29. The molecule has 2 rings (SSSR count). The Hall–Kier alpha value is -1.29. The van der Waals surface area contributed by atoms with Crippen molar-refractivity contribution in [1.29, 1.82) is 0 Å². The largest absolute Gasteiger partial charge is 0.278 e. The summed E-state index contributed by atoms with van der Waals surface area (Å²) in [5.74, 6) is 0.736. The van der Waals surface area contributed by atoms with Gasteiger partial charge >= 0.3 is 0 Å². The Labute approximate surface area is 119 Å². The molecule has 1 atom stereocenters. The third-order valence-electron chi connectivity index (χ3n) is 3.53. The van der Waals surface area contributed by atoms with Crippen LogP contribution in [0.5, 0.6) is 0 Å². The highest BCUT2D eigenvalue weighted by molar-refractivity contribution is 7.80. The van der Waals surface area contributed by atoms with Crippen molar-refractivity contribution in [3.8, 4) is 0 Å². The zero-order valence-electron chi connectivity index (χ0n) is 11.1. The normalized spacial score (nSPS) is 16.4. The molecule has 1 aromatic carbocycles. The molecule has 0 spiro atoms. The van der Waals surface area contributed by atoms with E-state index in [0.717, 1.165) is 18.4 Å². The summed E-state index contributed by atoms with van der Waals surface area (Å²) in [5, 5.41) is 0. The molecule has 1 heterocycles. The Morgan fingerprint density at radius 3 is 2.74 bits per heavy atom. The summed E-state index contributed by atoms with van der Waals surface area (Å²) in [6, 6.07) is 7.35. The van der Waals surface area contributed by atoms with Gasteiger partial charge in [0.15, 0.2) is 0 Å². The lowest BCUT2D eigenvalue weighted by molar-refractivity contribution is -0.128. The topological polar surface area (TPSA) is 37.4 Å². The summed E-state index contributed by atoms with van der Waals surface area (Å²) < 4.78 is 0. The van der Waals surface area contributed by atoms with E-state index in [4.69, 9.17) is 0 Å². The first-order chi connectivity index (χ1) is 9.17. The Balaban J connectivity index is 2.19. The van der Waals surface area contributed by atoms with Crippen LogP contribution in [0, 0.1) is 5.92 Å². The molecule has 1 aliphatic rings. The van der Waals surface area contributed by atoms with Crippen LogP contribution in [0.3, 0.4) is 0 Å². The maximum absolute atomic E-state index is 12.4. The van der Waals surface area contributed by atoms with Crippen molar-refractivity contribution in [3.63, 3.8) is 0 Å². The van der Waals surface area contributed by atoms with Crippen molar-refractivity contribution < 1.29 is 9.59 Å². The highest BCUT2D eigenvalue weighted by Crippen LogP contribution is 2.21. The Bertz CT molecular complexity index is 487. The van der Waals surface area contributed by atoms with Crippen LogP contribution in [0.15, 0.2) is 24.3 Å². The third kappa shape index (κ3) is 3.00. The fourth-order valence-corrected chi connectivity index (χ4v) is 2.79. The minimum atomic E-state index is -0.158. The lowest BCUT2D eigenvalue weighted by atomic mass is 9.96. The third-order valence-corrected chi connectivity index (χ3v) is 4.05. The van der Waals surface area contributed by atoms with Crippen molar-refractivity contribution in [3.05, 3.63) is 35.4 Å². The number of imide groups is 1. The van der Waals surface area contributed by atoms with E-state index in [-0.39, 0.29) is 17.7 Å². The number of amides is 2. The van der Waals surface area contributed by atoms with Crippen molar-refractivity contribution in [2.75, 3.05) is 12.3 Å². The minimum absolute atomic E-state index is 0.0911. The van der Waals surface area contributed by atoms with Crippen molar-refractivity contribution in [2.24, 2.45) is 5.92 Å². The standard InChI is InChI=1S/C15H19NO2S/c1-2-5-11(10-19)9-16-14(17)8-12-6-3-4-7-13(12)15(16)18/h3-4,6-7,11,19H,2,5,8-10H2,1H3. The second-order valence-electron chi connectivity index (χ2n) is 4.98. The number of carbonyl (C=O) groups excluding carboxylic acids is 2. The van der Waals surface area contributed by atoms with Crippen LogP contribution in [0.1, 0.15) is 35.7 Å². The summed E-state index contributed by atoms with van der Waals surface area (Å²) in [6.07, 6.45) is 2.35. The van der Waals surface area contributed by atoms with Gasteiger partial charge in [-0.25, -0.2) is 0 Å². The Morgan fingerprint density at radius 1 is 1.32 bits per heavy atom. The molecule has 0 radical (unpaired) electrons. The maximum Gasteiger partial charge on any atom is 0.260 e. The van der Waals surface area contributed by atoms with E-state index in [1.54, 1.807) is 6.07 Å². The number of hydrogen-bond donors (Lipinski definition) is 1. The number of benzene rings is 1. The molecule has 0 fully saturated rings. The van der Waals surface area contributed by atoms with Crippen LogP contribution < -0.4 is 0 Å². The van der Waals surface area contributed by atoms with Crippen molar-refractivity contribution in [2.45, 2.75) is 26.2 Å². The molecule has 4 heteroatoms. The molecule has 0 aliphatic carbocycles. The van der Waals surface area contributed by atoms with Gasteiger partial charge in [0, 0.05) is 12.1 Å². The molecule has 2 amide bonds. The van der Waals surface area contributed by atoms with Gasteiger partial charge in [0.2, 0.25) is 5.91 Å². The Morgan fingerprint density at radius 2 is 2.05 bits per heavy atom. The molecule has 1 aliphatic heterocycles. The van der Waals surface area contributed by atoms with Gasteiger partial charge in [0.25, 0.3) is 5.91 Å². The molecule has 0 saturated heterocycles. The minimum Gasteiger partial charge on any atom is -0.278 e. The van der Waals surface area contributed by atoms with E-state index < -0.39 is 0 Å². The zero-order chi connectivity index (χ0) is 13.8. The van der Waals surface area contributed by atoms with Gasteiger partial charge in [-0.2, -0.15) is 12.6 Å². The average Bonchev–Trinajstić information content (AvgIpc) is 2.42. The fourth-order valence-electron chi connectivity index (χ4n) is 2.49. The molecule has 19 heavy (non-hydrogen) atoms. The smallest absolute Gasteiger partial charge is 0.260 e. The highest BCUT2D eigenvalue weighted by Gasteiger charge is 2.31. The van der Waals surface area contributed by atoms with Gasteiger partial charge in [0.1, 0.15) is 0 Å². The van der Waals surface area contributed by atoms with Gasteiger partial charge in [-0.05, 0) is 29.7 Å². The SMILES string of the molecule is CCCC(CS)CN1C(=O)Cc2ccccc2C1=O. The van der Waals surface area contributed by atoms with Gasteiger partial charge in [-0.15, -0.1) is 0 Å². The predicted molar refractivity (Wildman–Crippen MR) is 78.4 cm³/mol. The second-order valence-corrected chi connectivity index (χ2v) is 5.35. The number of fused-ring (bicyclic) bond motifs is 1. The van der Waals surface area contributed by atoms with E-state index in [1.807, 2.05) is 18.2 Å². The fraction of sp³-hybridized carbons (Fsp3) is 0.467. The molecule has 1 aromatic rings. The summed E-state index contributed by atoms with van der Waals surface area (Å²) in [5.41, 5.74) is 1.50. The van der Waals surface area contributed by atoms with E-state index in [2.05, 4.69) is 19.6 Å². The average molecular weight is 277 g/mol. The first-order valence-corrected chi connectivity index (χ1v) is 7.34. The summed E-state index contributed by atoms with van der Waals surface area (Å²) >= 11 is 4.31. The number of hydrogen-bond acceptors (Lipinski definition) is 3. The zero-order valence-corrected chi connectivity index (χ0v) is 12.0. The molecule has 0 aromatic heterocycles. The van der Waals surface area contributed by atoms with Crippen LogP contribution in [-0.4, -0.2) is 29.0 Å². The summed E-state index contributed by atoms with van der Waals surface area (Å²) in [6.45, 7) is 2.59. The first-order valence-electron chi connectivity index (χ1n) is 6.70. The van der Waals surface area contributed by atoms with Crippen LogP contribution >= 0.6 is 12.6 Å². The van der Waals surface area contributed by atoms with E-state index in [9.17, 15) is 9.59 Å². The van der Waals surface area contributed by atoms with Crippen LogP contribution in [0.2, 0.25) is 0 Å². The van der Waals surface area contributed by atoms with Crippen LogP contribution in [-0.2, 0) is 11.2 Å². The predicted octanol–water partition coefficient (Wildman–Crippen LogP) is 2.56. The molecule has 1 unspecified atom stereocenters. The molecule has 0 saturated carbocycles. The number of rotatable bonds is 5. The Kier molecular flexibility index (Phi) is 4.64. The molecule has 0 N–H and O–H groups in total. The van der Waals surface area contributed by atoms with Crippen molar-refractivity contribution >= 4 is 24.4 Å². The van der Waals surface area contributed by atoms with Gasteiger partial charge in [-0.3, -0.25) is 14.5 Å². The molecule has 102 valence electrons. The highest BCUT2D eigenvalue weighted by atomic mass is 32.1.